The van der Waals surface area contributed by atoms with Crippen LogP contribution < -0.4 is 5.32 Å². The van der Waals surface area contributed by atoms with Gasteiger partial charge in [0.05, 0.1) is 25.4 Å². The van der Waals surface area contributed by atoms with E-state index in [0.29, 0.717) is 25.9 Å². The maximum atomic E-state index is 12.5. The maximum absolute atomic E-state index is 12.5. The molecule has 0 rings (SSSR count). The average Bonchev–Trinajstić information content (AvgIpc) is 3.36. The summed E-state index contributed by atoms with van der Waals surface area (Å²) in [6, 6.07) is -0.541. The molecular formula is C64H123NO5. The van der Waals surface area contributed by atoms with E-state index in [2.05, 4.69) is 43.5 Å². The van der Waals surface area contributed by atoms with E-state index in [1.165, 1.54) is 263 Å². The predicted octanol–water partition coefficient (Wildman–Crippen LogP) is 19.8. The minimum atomic E-state index is -0.664. The molecule has 6 heteroatoms. The van der Waals surface area contributed by atoms with Crippen LogP contribution in [0.25, 0.3) is 0 Å². The number of rotatable bonds is 59. The number of amides is 1. The van der Waals surface area contributed by atoms with Gasteiger partial charge in [-0.25, -0.2) is 0 Å². The predicted molar refractivity (Wildman–Crippen MR) is 306 cm³/mol. The summed E-state index contributed by atoms with van der Waals surface area (Å²) >= 11 is 0. The van der Waals surface area contributed by atoms with Gasteiger partial charge in [0, 0.05) is 12.8 Å². The molecule has 0 radical (unpaired) electrons. The Hall–Kier alpha value is -1.66. The minimum Gasteiger partial charge on any atom is -0.466 e. The minimum absolute atomic E-state index is 0.000206. The van der Waals surface area contributed by atoms with E-state index in [1.54, 1.807) is 0 Å². The van der Waals surface area contributed by atoms with Crippen molar-refractivity contribution in [3.05, 3.63) is 24.3 Å². The largest absolute Gasteiger partial charge is 0.466 e. The Labute approximate surface area is 437 Å². The molecule has 1 amide bonds. The molecule has 3 N–H and O–H groups in total. The fraction of sp³-hybridized carbons (Fsp3) is 0.906. The van der Waals surface area contributed by atoms with Crippen molar-refractivity contribution < 1.29 is 24.5 Å². The first-order valence-corrected chi connectivity index (χ1v) is 31.6. The summed E-state index contributed by atoms with van der Waals surface area (Å²) in [5.74, 6) is -0.0319. The molecule has 6 nitrogen and oxygen atoms in total. The van der Waals surface area contributed by atoms with Crippen LogP contribution in [-0.4, -0.2) is 47.4 Å². The molecule has 70 heavy (non-hydrogen) atoms. The van der Waals surface area contributed by atoms with Crippen LogP contribution in [0, 0.1) is 0 Å². The van der Waals surface area contributed by atoms with Crippen LogP contribution in [0.1, 0.15) is 348 Å². The summed E-state index contributed by atoms with van der Waals surface area (Å²) in [6.07, 6.45) is 73.3. The second-order valence-corrected chi connectivity index (χ2v) is 21.7. The molecule has 0 aromatic carbocycles. The normalized spacial score (nSPS) is 12.7. The fourth-order valence-electron chi connectivity index (χ4n) is 9.89. The number of aliphatic hydroxyl groups excluding tert-OH is 2. The highest BCUT2D eigenvalue weighted by molar-refractivity contribution is 5.76. The van der Waals surface area contributed by atoms with Crippen LogP contribution in [0.4, 0.5) is 0 Å². The Kier molecular flexibility index (Phi) is 58.5. The molecule has 0 saturated carbocycles. The lowest BCUT2D eigenvalue weighted by Gasteiger charge is -2.22. The highest BCUT2D eigenvalue weighted by atomic mass is 16.5. The zero-order chi connectivity index (χ0) is 50.7. The summed E-state index contributed by atoms with van der Waals surface area (Å²) in [7, 11) is 0. The van der Waals surface area contributed by atoms with E-state index < -0.39 is 12.1 Å². The highest BCUT2D eigenvalue weighted by Crippen LogP contribution is 2.18. The molecule has 0 fully saturated rings. The molecule has 0 saturated heterocycles. The van der Waals surface area contributed by atoms with Gasteiger partial charge in [-0.15, -0.1) is 0 Å². The first-order valence-electron chi connectivity index (χ1n) is 31.6. The summed E-state index contributed by atoms with van der Waals surface area (Å²) in [5.41, 5.74) is 0. The van der Waals surface area contributed by atoms with Crippen molar-refractivity contribution in [2.45, 2.75) is 360 Å². The zero-order valence-corrected chi connectivity index (χ0v) is 47.3. The number of unbranched alkanes of at least 4 members (excludes halogenated alkanes) is 44. The monoisotopic (exact) mass is 986 g/mol. The van der Waals surface area contributed by atoms with Crippen molar-refractivity contribution in [3.8, 4) is 0 Å². The molecule has 414 valence electrons. The molecule has 2 unspecified atom stereocenters. The highest BCUT2D eigenvalue weighted by Gasteiger charge is 2.20. The van der Waals surface area contributed by atoms with Crippen LogP contribution in [-0.2, 0) is 14.3 Å². The van der Waals surface area contributed by atoms with Crippen LogP contribution in [0.15, 0.2) is 24.3 Å². The number of hydrogen-bond donors (Lipinski definition) is 3. The van der Waals surface area contributed by atoms with Gasteiger partial charge in [0.25, 0.3) is 0 Å². The Balaban J connectivity index is 3.37. The number of nitrogens with one attached hydrogen (secondary N) is 1. The average molecular weight is 987 g/mol. The first kappa shape index (κ1) is 68.3. The lowest BCUT2D eigenvalue weighted by Crippen LogP contribution is -2.45. The Morgan fingerprint density at radius 1 is 0.400 bits per heavy atom. The third-order valence-electron chi connectivity index (χ3n) is 14.8. The number of aliphatic hydroxyl groups is 2. The van der Waals surface area contributed by atoms with Crippen molar-refractivity contribution in [2.75, 3.05) is 13.2 Å². The smallest absolute Gasteiger partial charge is 0.305 e. The van der Waals surface area contributed by atoms with Crippen molar-refractivity contribution in [2.24, 2.45) is 0 Å². The van der Waals surface area contributed by atoms with Crippen molar-refractivity contribution in [3.63, 3.8) is 0 Å². The van der Waals surface area contributed by atoms with E-state index in [1.807, 2.05) is 0 Å². The van der Waals surface area contributed by atoms with Gasteiger partial charge in [0.2, 0.25) is 5.91 Å². The number of ether oxygens (including phenoxy) is 1. The van der Waals surface area contributed by atoms with Gasteiger partial charge >= 0.3 is 5.97 Å². The van der Waals surface area contributed by atoms with E-state index >= 15 is 0 Å². The molecule has 0 aliphatic heterocycles. The van der Waals surface area contributed by atoms with Gasteiger partial charge in [0.15, 0.2) is 0 Å². The Morgan fingerprint density at radius 2 is 0.729 bits per heavy atom. The zero-order valence-electron chi connectivity index (χ0n) is 47.3. The van der Waals surface area contributed by atoms with Crippen molar-refractivity contribution in [1.29, 1.82) is 0 Å². The summed E-state index contributed by atoms with van der Waals surface area (Å²) in [5, 5.41) is 23.3. The molecule has 0 aromatic heterocycles. The molecule has 0 aliphatic carbocycles. The first-order chi connectivity index (χ1) is 34.5. The molecule has 0 aliphatic rings. The van der Waals surface area contributed by atoms with Crippen LogP contribution in [0.5, 0.6) is 0 Å². The van der Waals surface area contributed by atoms with Crippen LogP contribution >= 0.6 is 0 Å². The fourth-order valence-corrected chi connectivity index (χ4v) is 9.89. The molecule has 0 heterocycles. The Morgan fingerprint density at radius 3 is 1.13 bits per heavy atom. The summed E-state index contributed by atoms with van der Waals surface area (Å²) in [6.45, 7) is 4.93. The standard InChI is InChI=1S/C64H123NO5/c1-3-5-7-9-11-13-15-17-19-29-32-36-40-44-48-52-56-62(67)61(60-66)65-63(68)57-53-49-45-41-37-33-30-27-25-23-21-20-22-24-26-28-31-35-39-43-47-51-55-59-70-64(69)58-54-50-46-42-38-34-18-16-14-12-10-8-6-4-2/h10,12,16,18,61-62,66-67H,3-9,11,13-15,17,19-60H2,1-2H3,(H,65,68)/b12-10-,18-16-. The van der Waals surface area contributed by atoms with Gasteiger partial charge in [-0.3, -0.25) is 9.59 Å². The molecule has 2 atom stereocenters. The van der Waals surface area contributed by atoms with E-state index in [4.69, 9.17) is 4.74 Å². The number of hydrogen-bond acceptors (Lipinski definition) is 5. The van der Waals surface area contributed by atoms with Gasteiger partial charge in [-0.05, 0) is 51.4 Å². The van der Waals surface area contributed by atoms with Crippen molar-refractivity contribution >= 4 is 11.9 Å². The maximum Gasteiger partial charge on any atom is 0.305 e. The second-order valence-electron chi connectivity index (χ2n) is 21.7. The number of carbonyl (C=O) groups is 2. The lowest BCUT2D eigenvalue weighted by atomic mass is 10.0. The van der Waals surface area contributed by atoms with Gasteiger partial charge in [0.1, 0.15) is 0 Å². The van der Waals surface area contributed by atoms with Crippen LogP contribution in [0.3, 0.4) is 0 Å². The molecular weight excluding hydrogens is 863 g/mol. The lowest BCUT2D eigenvalue weighted by molar-refractivity contribution is -0.143. The summed E-state index contributed by atoms with van der Waals surface area (Å²) in [4.78, 5) is 24.5. The van der Waals surface area contributed by atoms with Gasteiger partial charge in [-0.1, -0.05) is 308 Å². The quantitative estimate of drug-likeness (QED) is 0.0321. The number of esters is 1. The van der Waals surface area contributed by atoms with E-state index in [9.17, 15) is 19.8 Å². The second kappa shape index (κ2) is 59.9. The molecule has 0 spiro atoms. The topological polar surface area (TPSA) is 95.9 Å². The molecule has 0 bridgehead atoms. The van der Waals surface area contributed by atoms with Gasteiger partial charge < -0.3 is 20.3 Å². The van der Waals surface area contributed by atoms with Gasteiger partial charge in [-0.2, -0.15) is 0 Å². The number of carbonyl (C=O) groups excluding carboxylic acids is 2. The van der Waals surface area contributed by atoms with Crippen LogP contribution in [0.2, 0.25) is 0 Å². The third kappa shape index (κ3) is 55.7. The number of allylic oxidation sites excluding steroid dienone is 4. The SMILES string of the molecule is CCCC/C=C\C/C=C\CCCCCCCC(=O)OCCCCCCCCCCCCCCCCCCCCCCCCCC(=O)NC(CO)C(O)CCCCCCCCCCCCCCCCCC. The Bertz CT molecular complexity index is 1090. The summed E-state index contributed by atoms with van der Waals surface area (Å²) < 4.78 is 5.47. The van der Waals surface area contributed by atoms with E-state index in [-0.39, 0.29) is 18.5 Å². The molecule has 0 aromatic rings. The van der Waals surface area contributed by atoms with E-state index in [0.717, 1.165) is 51.4 Å². The third-order valence-corrected chi connectivity index (χ3v) is 14.8. The van der Waals surface area contributed by atoms with Crippen molar-refractivity contribution in [1.82, 2.24) is 5.32 Å².